The van der Waals surface area contributed by atoms with E-state index in [0.29, 0.717) is 18.7 Å². The van der Waals surface area contributed by atoms with Crippen LogP contribution in [0.2, 0.25) is 0 Å². The lowest BCUT2D eigenvalue weighted by Crippen LogP contribution is -2.30. The number of amides is 1. The van der Waals surface area contributed by atoms with Gasteiger partial charge in [0, 0.05) is 22.8 Å². The Hall–Kier alpha value is -2.57. The van der Waals surface area contributed by atoms with Crippen LogP contribution in [0.25, 0.3) is 10.2 Å². The van der Waals surface area contributed by atoms with Crippen LogP contribution >= 0.6 is 27.3 Å². The van der Waals surface area contributed by atoms with Crippen LogP contribution in [-0.2, 0) is 13.1 Å². The number of benzene rings is 2. The summed E-state index contributed by atoms with van der Waals surface area (Å²) < 4.78 is 2.03. The van der Waals surface area contributed by atoms with Crippen molar-refractivity contribution in [1.82, 2.24) is 14.9 Å². The number of carbonyl (C=O) groups excluding carboxylic acids is 1. The Kier molecular flexibility index (Phi) is 5.27. The minimum Gasteiger partial charge on any atom is -0.328 e. The van der Waals surface area contributed by atoms with Gasteiger partial charge in [-0.3, -0.25) is 9.78 Å². The number of nitrogens with zero attached hydrogens (tertiary/aromatic N) is 3. The molecule has 0 N–H and O–H groups in total. The van der Waals surface area contributed by atoms with Crippen LogP contribution in [0.5, 0.6) is 0 Å². The summed E-state index contributed by atoms with van der Waals surface area (Å²) in [4.78, 5) is 23.8. The summed E-state index contributed by atoms with van der Waals surface area (Å²) in [6.07, 6.45) is 1.75. The van der Waals surface area contributed by atoms with E-state index in [2.05, 4.69) is 25.9 Å². The van der Waals surface area contributed by atoms with Gasteiger partial charge in [-0.2, -0.15) is 0 Å². The lowest BCUT2D eigenvalue weighted by atomic mass is 10.1. The molecule has 2 heterocycles. The predicted molar refractivity (Wildman–Crippen MR) is 112 cm³/mol. The molecule has 0 fully saturated rings. The third-order valence-corrected chi connectivity index (χ3v) is 5.55. The van der Waals surface area contributed by atoms with Crippen LogP contribution in [0.1, 0.15) is 21.6 Å². The van der Waals surface area contributed by atoms with Gasteiger partial charge in [-0.05, 0) is 48.0 Å². The van der Waals surface area contributed by atoms with Crippen molar-refractivity contribution in [3.05, 3.63) is 93.7 Å². The van der Waals surface area contributed by atoms with E-state index in [0.717, 1.165) is 25.9 Å². The van der Waals surface area contributed by atoms with Crippen LogP contribution in [-0.4, -0.2) is 20.8 Å². The van der Waals surface area contributed by atoms with Gasteiger partial charge in [-0.15, -0.1) is 11.3 Å². The minimum absolute atomic E-state index is 0.0149. The molecule has 0 aliphatic carbocycles. The fourth-order valence-corrected chi connectivity index (χ4v) is 3.85. The number of carbonyl (C=O) groups is 1. The molecule has 134 valence electrons. The quantitative estimate of drug-likeness (QED) is 0.425. The lowest BCUT2D eigenvalue weighted by Gasteiger charge is -2.23. The second-order valence-electron chi connectivity index (χ2n) is 6.14. The zero-order valence-electron chi connectivity index (χ0n) is 14.4. The molecule has 0 aliphatic heterocycles. The van der Waals surface area contributed by atoms with Crippen LogP contribution in [0.3, 0.4) is 0 Å². The highest BCUT2D eigenvalue weighted by Gasteiger charge is 2.18. The maximum atomic E-state index is 13.3. The number of thiazole rings is 1. The van der Waals surface area contributed by atoms with Crippen molar-refractivity contribution >= 4 is 43.4 Å². The van der Waals surface area contributed by atoms with E-state index in [1.165, 1.54) is 0 Å². The molecular weight excluding hydrogens is 422 g/mol. The van der Waals surface area contributed by atoms with E-state index in [-0.39, 0.29) is 5.91 Å². The molecule has 4 rings (SSSR count). The Morgan fingerprint density at radius 1 is 1.00 bits per heavy atom. The van der Waals surface area contributed by atoms with Gasteiger partial charge in [0.15, 0.2) is 0 Å². The number of rotatable bonds is 5. The number of aromatic nitrogens is 2. The first-order chi connectivity index (χ1) is 13.2. The third-order valence-electron chi connectivity index (χ3n) is 4.23. The van der Waals surface area contributed by atoms with Gasteiger partial charge < -0.3 is 4.90 Å². The largest absolute Gasteiger partial charge is 0.328 e. The van der Waals surface area contributed by atoms with E-state index in [4.69, 9.17) is 0 Å². The summed E-state index contributed by atoms with van der Waals surface area (Å²) >= 11 is 5.00. The summed E-state index contributed by atoms with van der Waals surface area (Å²) in [5.41, 5.74) is 5.32. The Balaban J connectivity index is 1.64. The smallest absolute Gasteiger partial charge is 0.254 e. The highest BCUT2D eigenvalue weighted by molar-refractivity contribution is 9.10. The third kappa shape index (κ3) is 4.23. The first-order valence-electron chi connectivity index (χ1n) is 8.46. The van der Waals surface area contributed by atoms with Crippen molar-refractivity contribution in [2.75, 3.05) is 0 Å². The van der Waals surface area contributed by atoms with Gasteiger partial charge in [0.1, 0.15) is 0 Å². The van der Waals surface area contributed by atoms with Crippen molar-refractivity contribution in [1.29, 1.82) is 0 Å². The van der Waals surface area contributed by atoms with Gasteiger partial charge in [0.2, 0.25) is 0 Å². The molecule has 0 unspecified atom stereocenters. The summed E-state index contributed by atoms with van der Waals surface area (Å²) in [7, 11) is 0. The topological polar surface area (TPSA) is 46.1 Å². The summed E-state index contributed by atoms with van der Waals surface area (Å²) in [5, 5.41) is 0. The lowest BCUT2D eigenvalue weighted by molar-refractivity contribution is 0.0728. The van der Waals surface area contributed by atoms with Crippen LogP contribution < -0.4 is 0 Å². The van der Waals surface area contributed by atoms with Crippen molar-refractivity contribution in [3.63, 3.8) is 0 Å². The van der Waals surface area contributed by atoms with E-state index in [1.54, 1.807) is 23.0 Å². The molecule has 0 spiro atoms. The molecule has 27 heavy (non-hydrogen) atoms. The zero-order chi connectivity index (χ0) is 18.6. The van der Waals surface area contributed by atoms with E-state index < -0.39 is 0 Å². The molecular formula is C21H16BrN3OS. The van der Waals surface area contributed by atoms with Gasteiger partial charge in [-0.25, -0.2) is 4.98 Å². The second kappa shape index (κ2) is 7.98. The first kappa shape index (κ1) is 17.8. The maximum absolute atomic E-state index is 13.3. The fraction of sp³-hybridized carbons (Fsp3) is 0.0952. The number of pyridine rings is 1. The fourth-order valence-electron chi connectivity index (χ4n) is 2.87. The SMILES string of the molecule is O=C(c1ccc2ncsc2c1)N(Cc1ccc(Br)cc1)Cc1ccccn1. The molecule has 4 nitrogen and oxygen atoms in total. The van der Waals surface area contributed by atoms with Gasteiger partial charge in [-0.1, -0.05) is 34.1 Å². The van der Waals surface area contributed by atoms with E-state index >= 15 is 0 Å². The molecule has 0 bridgehead atoms. The monoisotopic (exact) mass is 437 g/mol. The average molecular weight is 438 g/mol. The molecule has 1 amide bonds. The average Bonchev–Trinajstić information content (AvgIpc) is 3.17. The highest BCUT2D eigenvalue weighted by Crippen LogP contribution is 2.21. The number of halogens is 1. The zero-order valence-corrected chi connectivity index (χ0v) is 16.8. The summed E-state index contributed by atoms with van der Waals surface area (Å²) in [6.45, 7) is 0.972. The molecule has 6 heteroatoms. The Morgan fingerprint density at radius 2 is 1.85 bits per heavy atom. The van der Waals surface area contributed by atoms with E-state index in [9.17, 15) is 4.79 Å². The molecule has 2 aromatic heterocycles. The molecule has 0 saturated carbocycles. The van der Waals surface area contributed by atoms with Gasteiger partial charge in [0.25, 0.3) is 5.91 Å². The second-order valence-corrected chi connectivity index (χ2v) is 7.95. The number of hydrogen-bond acceptors (Lipinski definition) is 4. The Bertz CT molecular complexity index is 1060. The highest BCUT2D eigenvalue weighted by atomic mass is 79.9. The molecule has 0 aliphatic rings. The van der Waals surface area contributed by atoms with Gasteiger partial charge >= 0.3 is 0 Å². The summed E-state index contributed by atoms with van der Waals surface area (Å²) in [6, 6.07) is 19.4. The van der Waals surface area contributed by atoms with Crippen molar-refractivity contribution in [2.24, 2.45) is 0 Å². The normalized spacial score (nSPS) is 10.9. The van der Waals surface area contributed by atoms with Crippen LogP contribution in [0, 0.1) is 0 Å². The maximum Gasteiger partial charge on any atom is 0.254 e. The Morgan fingerprint density at radius 3 is 2.63 bits per heavy atom. The molecule has 2 aromatic carbocycles. The molecule has 0 radical (unpaired) electrons. The van der Waals surface area contributed by atoms with Crippen molar-refractivity contribution < 1.29 is 4.79 Å². The minimum atomic E-state index is -0.0149. The molecule has 0 saturated heterocycles. The van der Waals surface area contributed by atoms with Crippen LogP contribution in [0.4, 0.5) is 0 Å². The standard InChI is InChI=1S/C21H16BrN3OS/c22-17-7-4-15(5-8-17)12-25(13-18-3-1-2-10-23-18)21(26)16-6-9-19-20(11-16)27-14-24-19/h1-11,14H,12-13H2. The molecule has 4 aromatic rings. The van der Waals surface area contributed by atoms with Crippen LogP contribution in [0.15, 0.2) is 76.8 Å². The summed E-state index contributed by atoms with van der Waals surface area (Å²) in [5.74, 6) is -0.0149. The molecule has 0 atom stereocenters. The van der Waals surface area contributed by atoms with Crippen molar-refractivity contribution in [3.8, 4) is 0 Å². The van der Waals surface area contributed by atoms with E-state index in [1.807, 2.05) is 65.6 Å². The van der Waals surface area contributed by atoms with Gasteiger partial charge in [0.05, 0.1) is 28.0 Å². The van der Waals surface area contributed by atoms with Crippen molar-refractivity contribution in [2.45, 2.75) is 13.1 Å². The first-order valence-corrected chi connectivity index (χ1v) is 10.1. The number of hydrogen-bond donors (Lipinski definition) is 0. The Labute approximate surface area is 169 Å². The number of fused-ring (bicyclic) bond motifs is 1. The predicted octanol–water partition coefficient (Wildman–Crippen LogP) is 5.30.